The van der Waals surface area contributed by atoms with Gasteiger partial charge >= 0.3 is 0 Å². The van der Waals surface area contributed by atoms with Crippen LogP contribution < -0.4 is 10.6 Å². The summed E-state index contributed by atoms with van der Waals surface area (Å²) >= 11 is 1.79. The van der Waals surface area contributed by atoms with Crippen molar-refractivity contribution in [3.05, 3.63) is 52.6 Å². The largest absolute Gasteiger partial charge is 0.357 e. The lowest BCUT2D eigenvalue weighted by molar-refractivity contribution is 0.741. The summed E-state index contributed by atoms with van der Waals surface area (Å²) in [5.74, 6) is 2.22. The van der Waals surface area contributed by atoms with Crippen LogP contribution in [0, 0.1) is 0 Å². The number of aliphatic imine (C=N–C) groups is 1. The number of guanidine groups is 1. The highest BCUT2D eigenvalue weighted by Crippen LogP contribution is 2.20. The summed E-state index contributed by atoms with van der Waals surface area (Å²) in [5.41, 5.74) is 0.878. The van der Waals surface area contributed by atoms with Crippen LogP contribution in [0.5, 0.6) is 0 Å². The van der Waals surface area contributed by atoms with E-state index in [0.717, 1.165) is 43.5 Å². The average molecular weight is 484 g/mol. The lowest BCUT2D eigenvalue weighted by Crippen LogP contribution is -2.38. The van der Waals surface area contributed by atoms with Crippen LogP contribution in [0.3, 0.4) is 0 Å². The molecule has 0 saturated carbocycles. The molecule has 26 heavy (non-hydrogen) atoms. The van der Waals surface area contributed by atoms with E-state index < -0.39 is 0 Å². The van der Waals surface area contributed by atoms with Gasteiger partial charge < -0.3 is 10.6 Å². The van der Waals surface area contributed by atoms with Gasteiger partial charge in [0.05, 0.1) is 6.54 Å². The zero-order valence-corrected chi connectivity index (χ0v) is 18.2. The van der Waals surface area contributed by atoms with Gasteiger partial charge in [0, 0.05) is 36.5 Å². The van der Waals surface area contributed by atoms with Crippen LogP contribution in [0.25, 0.3) is 5.65 Å². The van der Waals surface area contributed by atoms with Crippen molar-refractivity contribution in [2.75, 3.05) is 19.6 Å². The van der Waals surface area contributed by atoms with Crippen molar-refractivity contribution in [1.29, 1.82) is 0 Å². The first-order valence-electron chi connectivity index (χ1n) is 8.62. The van der Waals surface area contributed by atoms with Crippen molar-refractivity contribution in [3.63, 3.8) is 0 Å². The smallest absolute Gasteiger partial charge is 0.191 e. The highest BCUT2D eigenvalue weighted by molar-refractivity contribution is 14.0. The Morgan fingerprint density at radius 3 is 2.88 bits per heavy atom. The maximum Gasteiger partial charge on any atom is 0.191 e. The Bertz CT molecular complexity index is 814. The summed E-state index contributed by atoms with van der Waals surface area (Å²) in [6, 6.07) is 10.2. The van der Waals surface area contributed by atoms with Gasteiger partial charge in [-0.2, -0.15) is 0 Å². The Hall–Kier alpha value is -1.68. The Balaban J connectivity index is 0.00000243. The Morgan fingerprint density at radius 2 is 2.12 bits per heavy atom. The fourth-order valence-corrected chi connectivity index (χ4v) is 3.36. The molecule has 0 amide bonds. The number of fused-ring (bicyclic) bond motifs is 1. The van der Waals surface area contributed by atoms with Crippen molar-refractivity contribution in [2.45, 2.75) is 26.2 Å². The number of thiophene rings is 1. The van der Waals surface area contributed by atoms with Gasteiger partial charge in [0.15, 0.2) is 11.6 Å². The second-order valence-electron chi connectivity index (χ2n) is 5.86. The van der Waals surface area contributed by atoms with E-state index >= 15 is 0 Å². The SMILES string of the molecule is CCNC(=NCC(C)c1cccs1)NCCc1nnc2ccccn12.I. The second-order valence-corrected chi connectivity index (χ2v) is 6.84. The van der Waals surface area contributed by atoms with E-state index in [-0.39, 0.29) is 24.0 Å². The number of hydrogen-bond donors (Lipinski definition) is 2. The third kappa shape index (κ3) is 5.41. The van der Waals surface area contributed by atoms with Gasteiger partial charge in [-0.3, -0.25) is 9.39 Å². The molecule has 3 aromatic rings. The molecule has 0 aliphatic heterocycles. The number of aromatic nitrogens is 3. The average Bonchev–Trinajstić information content (AvgIpc) is 3.30. The summed E-state index contributed by atoms with van der Waals surface area (Å²) in [6.45, 7) is 6.65. The van der Waals surface area contributed by atoms with Gasteiger partial charge in [0.25, 0.3) is 0 Å². The first-order valence-corrected chi connectivity index (χ1v) is 9.50. The summed E-state index contributed by atoms with van der Waals surface area (Å²) in [5, 5.41) is 17.2. The minimum atomic E-state index is 0. The first kappa shape index (κ1) is 20.6. The summed E-state index contributed by atoms with van der Waals surface area (Å²) in [7, 11) is 0. The molecule has 2 N–H and O–H groups in total. The molecule has 8 heteroatoms. The number of pyridine rings is 1. The molecule has 0 radical (unpaired) electrons. The van der Waals surface area contributed by atoms with Crippen LogP contribution in [0.4, 0.5) is 0 Å². The Labute approximate surface area is 175 Å². The molecule has 0 aliphatic rings. The topological polar surface area (TPSA) is 66.6 Å². The van der Waals surface area contributed by atoms with Crippen LogP contribution in [-0.4, -0.2) is 40.2 Å². The van der Waals surface area contributed by atoms with Crippen LogP contribution in [-0.2, 0) is 6.42 Å². The molecule has 0 aliphatic carbocycles. The number of rotatable bonds is 7. The second kappa shape index (κ2) is 10.5. The number of hydrogen-bond acceptors (Lipinski definition) is 4. The molecule has 140 valence electrons. The van der Waals surface area contributed by atoms with Gasteiger partial charge in [-0.25, -0.2) is 0 Å². The van der Waals surface area contributed by atoms with Gasteiger partial charge in [0.2, 0.25) is 0 Å². The molecule has 3 heterocycles. The molecule has 3 rings (SSSR count). The molecule has 0 aromatic carbocycles. The molecule has 0 spiro atoms. The van der Waals surface area contributed by atoms with Crippen LogP contribution in [0.15, 0.2) is 46.9 Å². The van der Waals surface area contributed by atoms with Gasteiger partial charge in [0.1, 0.15) is 5.82 Å². The number of nitrogens with zero attached hydrogens (tertiary/aromatic N) is 4. The molecular formula is C18H25IN6S. The van der Waals surface area contributed by atoms with Gasteiger partial charge in [-0.1, -0.05) is 19.1 Å². The van der Waals surface area contributed by atoms with Crippen LogP contribution >= 0.6 is 35.3 Å². The number of halogens is 1. The van der Waals surface area contributed by atoms with E-state index in [9.17, 15) is 0 Å². The van der Waals surface area contributed by atoms with E-state index in [1.165, 1.54) is 4.88 Å². The van der Waals surface area contributed by atoms with E-state index in [1.807, 2.05) is 28.8 Å². The lowest BCUT2D eigenvalue weighted by Gasteiger charge is -2.12. The van der Waals surface area contributed by atoms with E-state index in [2.05, 4.69) is 52.2 Å². The van der Waals surface area contributed by atoms with Gasteiger partial charge in [-0.05, 0) is 30.5 Å². The highest BCUT2D eigenvalue weighted by atomic mass is 127. The maximum absolute atomic E-state index is 4.71. The zero-order chi connectivity index (χ0) is 17.5. The molecular weight excluding hydrogens is 459 g/mol. The predicted molar refractivity (Wildman–Crippen MR) is 119 cm³/mol. The number of nitrogens with one attached hydrogen (secondary N) is 2. The van der Waals surface area contributed by atoms with Crippen molar-refractivity contribution in [3.8, 4) is 0 Å². The third-order valence-electron chi connectivity index (χ3n) is 3.92. The summed E-state index contributed by atoms with van der Waals surface area (Å²) in [6.07, 6.45) is 2.78. The summed E-state index contributed by atoms with van der Waals surface area (Å²) in [4.78, 5) is 6.08. The van der Waals surface area contributed by atoms with Crippen LogP contribution in [0.1, 0.15) is 30.5 Å². The van der Waals surface area contributed by atoms with Crippen molar-refractivity contribution in [1.82, 2.24) is 25.2 Å². The van der Waals surface area contributed by atoms with Crippen LogP contribution in [0.2, 0.25) is 0 Å². The minimum absolute atomic E-state index is 0. The fraction of sp³-hybridized carbons (Fsp3) is 0.389. The quantitative estimate of drug-likeness (QED) is 0.307. The maximum atomic E-state index is 4.71. The minimum Gasteiger partial charge on any atom is -0.357 e. The van der Waals surface area contributed by atoms with E-state index in [0.29, 0.717) is 5.92 Å². The fourth-order valence-electron chi connectivity index (χ4n) is 2.59. The molecule has 3 aromatic heterocycles. The van der Waals surface area contributed by atoms with Crippen molar-refractivity contribution < 1.29 is 0 Å². The van der Waals surface area contributed by atoms with Gasteiger partial charge in [-0.15, -0.1) is 45.5 Å². The van der Waals surface area contributed by atoms with E-state index in [1.54, 1.807) is 11.3 Å². The Morgan fingerprint density at radius 1 is 1.23 bits per heavy atom. The highest BCUT2D eigenvalue weighted by Gasteiger charge is 2.07. The molecule has 0 bridgehead atoms. The van der Waals surface area contributed by atoms with Crippen molar-refractivity contribution >= 4 is 46.9 Å². The summed E-state index contributed by atoms with van der Waals surface area (Å²) < 4.78 is 2.02. The molecule has 0 saturated heterocycles. The zero-order valence-electron chi connectivity index (χ0n) is 15.1. The first-order chi connectivity index (χ1) is 12.3. The molecule has 6 nitrogen and oxygen atoms in total. The third-order valence-corrected chi connectivity index (χ3v) is 5.03. The van der Waals surface area contributed by atoms with E-state index in [4.69, 9.17) is 4.99 Å². The predicted octanol–water partition coefficient (Wildman–Crippen LogP) is 3.31. The Kier molecular flexibility index (Phi) is 8.30. The monoisotopic (exact) mass is 484 g/mol. The molecule has 1 unspecified atom stereocenters. The van der Waals surface area contributed by atoms with Crippen molar-refractivity contribution in [2.24, 2.45) is 4.99 Å². The molecule has 1 atom stereocenters. The normalized spacial score (nSPS) is 12.6. The lowest BCUT2D eigenvalue weighted by atomic mass is 10.1. The standard InChI is InChI=1S/C18H24N6S.HI/c1-3-19-18(21-13-14(2)15-7-6-12-25-15)20-10-9-17-23-22-16-8-4-5-11-24(16)17;/h4-8,11-12,14H,3,9-10,13H2,1-2H3,(H2,19,20,21);1H. The molecule has 0 fully saturated rings.